The van der Waals surface area contributed by atoms with E-state index in [-0.39, 0.29) is 30.9 Å². The summed E-state index contributed by atoms with van der Waals surface area (Å²) in [6.45, 7) is 7.01. The summed E-state index contributed by atoms with van der Waals surface area (Å²) in [7, 11) is 0. The van der Waals surface area contributed by atoms with Crippen LogP contribution in [-0.4, -0.2) is 62.5 Å². The minimum Gasteiger partial charge on any atom is -0.370 e. The maximum Gasteiger partial charge on any atom is 0.242 e. The zero-order valence-electron chi connectivity index (χ0n) is 19.0. The molecule has 4 heterocycles. The number of nitrogens with zero attached hydrogens (tertiary/aromatic N) is 5. The van der Waals surface area contributed by atoms with E-state index in [9.17, 15) is 9.59 Å². The van der Waals surface area contributed by atoms with Crippen LogP contribution in [0.25, 0.3) is 0 Å². The molecule has 0 radical (unpaired) electrons. The molecule has 10 heteroatoms. The lowest BCUT2D eigenvalue weighted by molar-refractivity contribution is -0.138. The van der Waals surface area contributed by atoms with Crippen molar-refractivity contribution in [2.24, 2.45) is 0 Å². The summed E-state index contributed by atoms with van der Waals surface area (Å²) in [4.78, 5) is 38.1. The smallest absolute Gasteiger partial charge is 0.242 e. The van der Waals surface area contributed by atoms with Crippen molar-refractivity contribution in [2.75, 3.05) is 19.6 Å². The molecule has 174 valence electrons. The molecule has 0 aliphatic carbocycles. The fraction of sp³-hybridized carbons (Fsp3) is 0.435. The van der Waals surface area contributed by atoms with Gasteiger partial charge in [0.15, 0.2) is 0 Å². The van der Waals surface area contributed by atoms with Gasteiger partial charge in [0, 0.05) is 36.4 Å². The Morgan fingerprint density at radius 2 is 2.03 bits per heavy atom. The minimum absolute atomic E-state index is 0.000441. The molecule has 0 unspecified atom stereocenters. The van der Waals surface area contributed by atoms with Crippen LogP contribution in [0.1, 0.15) is 33.3 Å². The van der Waals surface area contributed by atoms with Gasteiger partial charge >= 0.3 is 0 Å². The molecule has 0 N–H and O–H groups in total. The number of aryl methyl sites for hydroxylation is 3. The van der Waals surface area contributed by atoms with Crippen molar-refractivity contribution < 1.29 is 18.8 Å². The van der Waals surface area contributed by atoms with Crippen molar-refractivity contribution in [1.82, 2.24) is 24.9 Å². The Morgan fingerprint density at radius 1 is 1.24 bits per heavy atom. The molecule has 4 rings (SSSR count). The first-order valence-electron chi connectivity index (χ1n) is 10.8. The van der Waals surface area contributed by atoms with Crippen LogP contribution in [0, 0.1) is 20.8 Å². The van der Waals surface area contributed by atoms with Crippen LogP contribution in [0.15, 0.2) is 34.4 Å². The molecule has 3 aromatic rings. The van der Waals surface area contributed by atoms with Gasteiger partial charge in [0.25, 0.3) is 0 Å². The van der Waals surface area contributed by atoms with E-state index in [1.165, 1.54) is 0 Å². The summed E-state index contributed by atoms with van der Waals surface area (Å²) >= 11 is 1.55. The van der Waals surface area contributed by atoms with Gasteiger partial charge in [-0.3, -0.25) is 14.6 Å². The van der Waals surface area contributed by atoms with Crippen LogP contribution < -0.4 is 0 Å². The second kappa shape index (κ2) is 10.2. The summed E-state index contributed by atoms with van der Waals surface area (Å²) in [5.41, 5.74) is 3.28. The third kappa shape index (κ3) is 5.82. The van der Waals surface area contributed by atoms with Crippen LogP contribution in [0.4, 0.5) is 0 Å². The number of amides is 2. The Labute approximate surface area is 196 Å². The Balaban J connectivity index is 1.50. The van der Waals surface area contributed by atoms with Crippen LogP contribution in [0.5, 0.6) is 0 Å². The summed E-state index contributed by atoms with van der Waals surface area (Å²) < 4.78 is 11.4. The van der Waals surface area contributed by atoms with E-state index in [1.54, 1.807) is 40.5 Å². The molecule has 0 spiro atoms. The number of carbonyl (C=O) groups excluding carboxylic acids is 2. The quantitative estimate of drug-likeness (QED) is 0.524. The molecule has 1 atom stereocenters. The van der Waals surface area contributed by atoms with E-state index < -0.39 is 0 Å². The first-order valence-corrected chi connectivity index (χ1v) is 11.7. The van der Waals surface area contributed by atoms with Gasteiger partial charge in [0.2, 0.25) is 11.8 Å². The van der Waals surface area contributed by atoms with Crippen molar-refractivity contribution in [3.8, 4) is 0 Å². The van der Waals surface area contributed by atoms with Crippen LogP contribution in [0.3, 0.4) is 0 Å². The standard InChI is InChI=1S/C23H27N5O4S/c1-15-21(16(2)32-26-15)8-22(29)28-11-20(31-13-18-4-6-24-7-5-18)10-27(23(30)12-28)9-19-14-33-17(3)25-19/h4-7,14,20H,8-13H2,1-3H3/t20-/m0/s1. The normalized spacial score (nSPS) is 16.8. The number of aromatic nitrogens is 3. The van der Waals surface area contributed by atoms with E-state index in [1.807, 2.05) is 31.4 Å². The van der Waals surface area contributed by atoms with Crippen molar-refractivity contribution in [2.45, 2.75) is 46.4 Å². The Kier molecular flexibility index (Phi) is 7.14. The maximum atomic E-state index is 13.2. The average Bonchev–Trinajstić information content (AvgIpc) is 3.30. The van der Waals surface area contributed by atoms with E-state index in [2.05, 4.69) is 15.1 Å². The topological polar surface area (TPSA) is 102 Å². The Bertz CT molecular complexity index is 1090. The highest BCUT2D eigenvalue weighted by Gasteiger charge is 2.32. The predicted molar refractivity (Wildman–Crippen MR) is 121 cm³/mol. The molecular weight excluding hydrogens is 442 g/mol. The van der Waals surface area contributed by atoms with E-state index in [0.717, 1.165) is 21.8 Å². The first-order chi connectivity index (χ1) is 15.9. The summed E-state index contributed by atoms with van der Waals surface area (Å²) in [6.07, 6.45) is 3.23. The molecule has 9 nitrogen and oxygen atoms in total. The fourth-order valence-electron chi connectivity index (χ4n) is 3.81. The van der Waals surface area contributed by atoms with E-state index in [0.29, 0.717) is 37.7 Å². The van der Waals surface area contributed by atoms with Gasteiger partial charge in [-0.2, -0.15) is 0 Å². The highest BCUT2D eigenvalue weighted by Crippen LogP contribution is 2.18. The molecule has 0 aromatic carbocycles. The van der Waals surface area contributed by atoms with Gasteiger partial charge in [0.1, 0.15) is 5.76 Å². The van der Waals surface area contributed by atoms with Gasteiger partial charge in [0.05, 0.1) is 48.6 Å². The third-order valence-electron chi connectivity index (χ3n) is 5.64. The number of ether oxygens (including phenoxy) is 1. The SMILES string of the molecule is Cc1nc(CN2C[C@H](OCc3ccncc3)CN(C(=O)Cc3c(C)noc3C)CC2=O)cs1. The highest BCUT2D eigenvalue weighted by atomic mass is 32.1. The molecule has 33 heavy (non-hydrogen) atoms. The van der Waals surface area contributed by atoms with Gasteiger partial charge in [-0.25, -0.2) is 4.98 Å². The Morgan fingerprint density at radius 3 is 2.70 bits per heavy atom. The number of hydrogen-bond acceptors (Lipinski definition) is 8. The molecule has 1 aliphatic rings. The molecule has 3 aromatic heterocycles. The van der Waals surface area contributed by atoms with Gasteiger partial charge in [-0.1, -0.05) is 5.16 Å². The first kappa shape index (κ1) is 23.1. The zero-order chi connectivity index (χ0) is 23.4. The summed E-state index contributed by atoms with van der Waals surface area (Å²) in [5, 5.41) is 6.84. The lowest BCUT2D eigenvalue weighted by Gasteiger charge is -2.24. The van der Waals surface area contributed by atoms with Crippen molar-refractivity contribution >= 4 is 23.2 Å². The molecular formula is C23H27N5O4S. The van der Waals surface area contributed by atoms with Gasteiger partial charge in [-0.05, 0) is 38.5 Å². The Hall–Kier alpha value is -3.11. The summed E-state index contributed by atoms with van der Waals surface area (Å²) in [5.74, 6) is 0.345. The molecule has 0 bridgehead atoms. The lowest BCUT2D eigenvalue weighted by Crippen LogP contribution is -2.40. The number of hydrogen-bond donors (Lipinski definition) is 0. The van der Waals surface area contributed by atoms with Crippen LogP contribution >= 0.6 is 11.3 Å². The second-order valence-electron chi connectivity index (χ2n) is 8.17. The fourth-order valence-corrected chi connectivity index (χ4v) is 4.42. The second-order valence-corrected chi connectivity index (χ2v) is 9.24. The third-order valence-corrected chi connectivity index (χ3v) is 6.47. The molecule has 1 saturated heterocycles. The lowest BCUT2D eigenvalue weighted by atomic mass is 10.1. The predicted octanol–water partition coefficient (Wildman–Crippen LogP) is 2.45. The van der Waals surface area contributed by atoms with Crippen molar-refractivity contribution in [1.29, 1.82) is 0 Å². The van der Waals surface area contributed by atoms with Crippen molar-refractivity contribution in [3.63, 3.8) is 0 Å². The highest BCUT2D eigenvalue weighted by molar-refractivity contribution is 7.09. The summed E-state index contributed by atoms with van der Waals surface area (Å²) in [6, 6.07) is 3.77. The monoisotopic (exact) mass is 469 g/mol. The van der Waals surface area contributed by atoms with Crippen LogP contribution in [-0.2, 0) is 33.9 Å². The maximum absolute atomic E-state index is 13.2. The molecule has 0 saturated carbocycles. The van der Waals surface area contributed by atoms with Crippen molar-refractivity contribution in [3.05, 3.63) is 63.2 Å². The number of rotatable bonds is 7. The van der Waals surface area contributed by atoms with Gasteiger partial charge < -0.3 is 19.1 Å². The van der Waals surface area contributed by atoms with Crippen LogP contribution in [0.2, 0.25) is 0 Å². The number of thiazole rings is 1. The van der Waals surface area contributed by atoms with E-state index in [4.69, 9.17) is 9.26 Å². The molecule has 1 fully saturated rings. The number of pyridine rings is 1. The molecule has 2 amide bonds. The molecule has 1 aliphatic heterocycles. The number of carbonyl (C=O) groups is 2. The largest absolute Gasteiger partial charge is 0.370 e. The minimum atomic E-state index is -0.335. The average molecular weight is 470 g/mol. The van der Waals surface area contributed by atoms with E-state index >= 15 is 0 Å². The van der Waals surface area contributed by atoms with Gasteiger partial charge in [-0.15, -0.1) is 11.3 Å². The zero-order valence-corrected chi connectivity index (χ0v) is 19.8.